The van der Waals surface area contributed by atoms with E-state index in [1.165, 1.54) is 12.8 Å². The van der Waals surface area contributed by atoms with Gasteiger partial charge in [-0.1, -0.05) is 41.0 Å². The van der Waals surface area contributed by atoms with E-state index in [-0.39, 0.29) is 5.54 Å². The molecule has 3 unspecified atom stereocenters. The molecule has 80 valence electrons. The van der Waals surface area contributed by atoms with Crippen molar-refractivity contribution in [2.75, 3.05) is 0 Å². The van der Waals surface area contributed by atoms with Crippen LogP contribution in [0.25, 0.3) is 0 Å². The van der Waals surface area contributed by atoms with Crippen LogP contribution in [0.4, 0.5) is 0 Å². The summed E-state index contributed by atoms with van der Waals surface area (Å²) in [6.45, 7) is 13.5. The molecule has 0 fully saturated rings. The molecule has 0 aliphatic rings. The fourth-order valence-corrected chi connectivity index (χ4v) is 1.89. The molecular formula is C12H27N. The molecule has 0 aliphatic carbocycles. The van der Waals surface area contributed by atoms with Crippen LogP contribution in [-0.4, -0.2) is 5.54 Å². The monoisotopic (exact) mass is 185 g/mol. The van der Waals surface area contributed by atoms with Gasteiger partial charge in [0.1, 0.15) is 0 Å². The van der Waals surface area contributed by atoms with Gasteiger partial charge in [0.15, 0.2) is 0 Å². The lowest BCUT2D eigenvalue weighted by Crippen LogP contribution is -2.49. The maximum absolute atomic E-state index is 6.36. The highest BCUT2D eigenvalue weighted by atomic mass is 14.8. The third-order valence-corrected chi connectivity index (χ3v) is 3.56. The van der Waals surface area contributed by atoms with Gasteiger partial charge in [0.2, 0.25) is 0 Å². The molecule has 0 amide bonds. The molecule has 2 N–H and O–H groups in total. The van der Waals surface area contributed by atoms with Gasteiger partial charge in [-0.15, -0.1) is 0 Å². The molecule has 0 radical (unpaired) electrons. The first kappa shape index (κ1) is 13.0. The minimum absolute atomic E-state index is 0.000972. The van der Waals surface area contributed by atoms with Crippen molar-refractivity contribution in [2.24, 2.45) is 23.5 Å². The van der Waals surface area contributed by atoms with Crippen molar-refractivity contribution < 1.29 is 0 Å². The second-order valence-electron chi connectivity index (χ2n) is 5.21. The van der Waals surface area contributed by atoms with E-state index in [2.05, 4.69) is 41.5 Å². The Labute approximate surface area is 84.1 Å². The molecule has 1 nitrogen and oxygen atoms in total. The standard InChI is InChI=1S/C12H27N/c1-7-10(4)12(6,13)11(5)8-9(2)3/h9-11H,7-8,13H2,1-6H3. The highest BCUT2D eigenvalue weighted by Gasteiger charge is 2.31. The average Bonchev–Trinajstić information content (AvgIpc) is 2.01. The van der Waals surface area contributed by atoms with E-state index in [1.54, 1.807) is 0 Å². The molecule has 0 aliphatic heterocycles. The molecule has 0 aromatic carbocycles. The third-order valence-electron chi connectivity index (χ3n) is 3.56. The summed E-state index contributed by atoms with van der Waals surface area (Å²) in [5.41, 5.74) is 6.36. The molecule has 3 atom stereocenters. The smallest absolute Gasteiger partial charge is 0.0177 e. The lowest BCUT2D eigenvalue weighted by Gasteiger charge is -2.38. The van der Waals surface area contributed by atoms with Gasteiger partial charge in [-0.05, 0) is 31.1 Å². The molecule has 0 bridgehead atoms. The summed E-state index contributed by atoms with van der Waals surface area (Å²) in [7, 11) is 0. The molecule has 0 saturated heterocycles. The van der Waals surface area contributed by atoms with E-state index < -0.39 is 0 Å². The number of nitrogens with two attached hydrogens (primary N) is 1. The molecule has 0 saturated carbocycles. The average molecular weight is 185 g/mol. The molecule has 13 heavy (non-hydrogen) atoms. The van der Waals surface area contributed by atoms with Crippen molar-refractivity contribution in [1.29, 1.82) is 0 Å². The first-order valence-electron chi connectivity index (χ1n) is 5.61. The van der Waals surface area contributed by atoms with Crippen LogP contribution in [0.2, 0.25) is 0 Å². The molecule has 1 heteroatoms. The van der Waals surface area contributed by atoms with Gasteiger partial charge in [0, 0.05) is 5.54 Å². The summed E-state index contributed by atoms with van der Waals surface area (Å²) < 4.78 is 0. The predicted octanol–water partition coefficient (Wildman–Crippen LogP) is 3.43. The van der Waals surface area contributed by atoms with Crippen molar-refractivity contribution in [3.63, 3.8) is 0 Å². The zero-order valence-electron chi connectivity index (χ0n) is 10.2. The van der Waals surface area contributed by atoms with E-state index in [1.807, 2.05) is 0 Å². The summed E-state index contributed by atoms with van der Waals surface area (Å²) in [4.78, 5) is 0. The summed E-state index contributed by atoms with van der Waals surface area (Å²) in [5, 5.41) is 0. The van der Waals surface area contributed by atoms with Crippen molar-refractivity contribution >= 4 is 0 Å². The fourth-order valence-electron chi connectivity index (χ4n) is 1.89. The summed E-state index contributed by atoms with van der Waals surface area (Å²) in [5.74, 6) is 1.98. The first-order valence-corrected chi connectivity index (χ1v) is 5.61. The van der Waals surface area contributed by atoms with Gasteiger partial charge < -0.3 is 5.73 Å². The zero-order chi connectivity index (χ0) is 10.6. The van der Waals surface area contributed by atoms with Crippen molar-refractivity contribution in [2.45, 2.75) is 59.9 Å². The maximum atomic E-state index is 6.36. The van der Waals surface area contributed by atoms with Crippen LogP contribution >= 0.6 is 0 Å². The quantitative estimate of drug-likeness (QED) is 0.697. The van der Waals surface area contributed by atoms with Gasteiger partial charge in [0.05, 0.1) is 0 Å². The molecule has 0 heterocycles. The van der Waals surface area contributed by atoms with E-state index in [0.29, 0.717) is 11.8 Å². The Morgan fingerprint density at radius 2 is 1.54 bits per heavy atom. The minimum Gasteiger partial charge on any atom is -0.325 e. The fraction of sp³-hybridized carbons (Fsp3) is 1.00. The molecular weight excluding hydrogens is 158 g/mol. The molecule has 0 aromatic rings. The summed E-state index contributed by atoms with van der Waals surface area (Å²) in [6, 6.07) is 0. The predicted molar refractivity (Wildman–Crippen MR) is 60.7 cm³/mol. The number of hydrogen-bond donors (Lipinski definition) is 1. The van der Waals surface area contributed by atoms with Gasteiger partial charge in [-0.2, -0.15) is 0 Å². The van der Waals surface area contributed by atoms with Crippen LogP contribution in [0.3, 0.4) is 0 Å². The normalized spacial score (nSPS) is 21.2. The Hall–Kier alpha value is -0.0400. The highest BCUT2D eigenvalue weighted by Crippen LogP contribution is 2.29. The third kappa shape index (κ3) is 3.68. The Balaban J connectivity index is 4.25. The first-order chi connectivity index (χ1) is 5.82. The highest BCUT2D eigenvalue weighted by molar-refractivity contribution is 4.89. The number of rotatable bonds is 5. The number of hydrogen-bond acceptors (Lipinski definition) is 1. The second kappa shape index (κ2) is 4.99. The van der Waals surface area contributed by atoms with E-state index >= 15 is 0 Å². The van der Waals surface area contributed by atoms with Crippen LogP contribution in [0.5, 0.6) is 0 Å². The maximum Gasteiger partial charge on any atom is 0.0177 e. The van der Waals surface area contributed by atoms with Gasteiger partial charge in [-0.3, -0.25) is 0 Å². The van der Waals surface area contributed by atoms with E-state index in [0.717, 1.165) is 5.92 Å². The lowest BCUT2D eigenvalue weighted by molar-refractivity contribution is 0.191. The van der Waals surface area contributed by atoms with Crippen molar-refractivity contribution in [3.05, 3.63) is 0 Å². The Bertz CT molecular complexity index is 138. The van der Waals surface area contributed by atoms with Crippen LogP contribution in [0.15, 0.2) is 0 Å². The zero-order valence-corrected chi connectivity index (χ0v) is 10.2. The molecule has 0 rings (SSSR count). The van der Waals surface area contributed by atoms with Crippen LogP contribution < -0.4 is 5.73 Å². The van der Waals surface area contributed by atoms with Crippen LogP contribution in [-0.2, 0) is 0 Å². The Morgan fingerprint density at radius 3 is 1.85 bits per heavy atom. The minimum atomic E-state index is -0.000972. The largest absolute Gasteiger partial charge is 0.325 e. The molecule has 0 spiro atoms. The molecule has 0 aromatic heterocycles. The SMILES string of the molecule is CCC(C)C(C)(N)C(C)CC(C)C. The second-order valence-corrected chi connectivity index (χ2v) is 5.21. The Morgan fingerprint density at radius 1 is 1.08 bits per heavy atom. The van der Waals surface area contributed by atoms with Gasteiger partial charge in [-0.25, -0.2) is 0 Å². The van der Waals surface area contributed by atoms with Crippen LogP contribution in [0, 0.1) is 17.8 Å². The summed E-state index contributed by atoms with van der Waals surface area (Å²) in [6.07, 6.45) is 2.41. The van der Waals surface area contributed by atoms with E-state index in [9.17, 15) is 0 Å². The van der Waals surface area contributed by atoms with Crippen LogP contribution in [0.1, 0.15) is 54.4 Å². The van der Waals surface area contributed by atoms with Crippen molar-refractivity contribution in [1.82, 2.24) is 0 Å². The lowest BCUT2D eigenvalue weighted by atomic mass is 9.73. The summed E-state index contributed by atoms with van der Waals surface area (Å²) >= 11 is 0. The van der Waals surface area contributed by atoms with Gasteiger partial charge >= 0.3 is 0 Å². The van der Waals surface area contributed by atoms with E-state index in [4.69, 9.17) is 5.73 Å². The Kier molecular flexibility index (Phi) is 4.98. The van der Waals surface area contributed by atoms with Gasteiger partial charge in [0.25, 0.3) is 0 Å². The van der Waals surface area contributed by atoms with Crippen molar-refractivity contribution in [3.8, 4) is 0 Å². The topological polar surface area (TPSA) is 26.0 Å².